The molecule has 1 saturated carbocycles. The molecule has 0 unspecified atom stereocenters. The summed E-state index contributed by atoms with van der Waals surface area (Å²) in [5, 5.41) is 19.8. The van der Waals surface area contributed by atoms with Gasteiger partial charge in [0.2, 0.25) is 11.8 Å². The molecule has 2 saturated heterocycles. The van der Waals surface area contributed by atoms with Crippen molar-refractivity contribution in [2.45, 2.75) is 60.7 Å². The van der Waals surface area contributed by atoms with Gasteiger partial charge in [-0.25, -0.2) is 0 Å². The highest BCUT2D eigenvalue weighted by atomic mass is 35.5. The summed E-state index contributed by atoms with van der Waals surface area (Å²) in [6, 6.07) is 9.15. The number of anilines is 1. The molecule has 0 aromatic heterocycles. The zero-order chi connectivity index (χ0) is 29.9. The van der Waals surface area contributed by atoms with Gasteiger partial charge in [-0.2, -0.15) is 0 Å². The fourth-order valence-electron chi connectivity index (χ4n) is 7.91. The number of amides is 2. The average Bonchev–Trinajstić information content (AvgIpc) is 3.44. The van der Waals surface area contributed by atoms with E-state index in [1.165, 1.54) is 0 Å². The number of alkyl halides is 2. The van der Waals surface area contributed by atoms with E-state index in [0.29, 0.717) is 45.3 Å². The average molecular weight is 621 g/mol. The highest BCUT2D eigenvalue weighted by Gasteiger charge is 2.77. The molecule has 42 heavy (non-hydrogen) atoms. The molecule has 4 N–H and O–H groups in total. The number of halogens is 4. The van der Waals surface area contributed by atoms with Gasteiger partial charge < -0.3 is 20.5 Å². The van der Waals surface area contributed by atoms with Crippen molar-refractivity contribution in [1.82, 2.24) is 10.6 Å². The van der Waals surface area contributed by atoms with E-state index in [1.807, 2.05) is 6.07 Å². The van der Waals surface area contributed by atoms with Crippen LogP contribution in [0.3, 0.4) is 0 Å². The largest absolute Gasteiger partial charge is 0.394 e. The third-order valence-corrected chi connectivity index (χ3v) is 10.1. The van der Waals surface area contributed by atoms with Gasteiger partial charge in [0.05, 0.1) is 44.8 Å². The van der Waals surface area contributed by atoms with E-state index >= 15 is 0 Å². The summed E-state index contributed by atoms with van der Waals surface area (Å²) in [5.74, 6) is -1.53. The number of ether oxygens (including phenoxy) is 1. The lowest BCUT2D eigenvalue weighted by Gasteiger charge is -2.59. The minimum absolute atomic E-state index is 0.0162. The smallest absolute Gasteiger partial charge is 0.238 e. The maximum absolute atomic E-state index is 14.4. The number of fused-ring (bicyclic) bond motifs is 3. The molecule has 1 aliphatic carbocycles. The molecule has 2 aromatic rings. The lowest BCUT2D eigenvalue weighted by Crippen LogP contribution is -2.70. The number of nitrogens with one attached hydrogen (secondary N) is 3. The molecule has 6 rings (SSSR count). The topological polar surface area (TPSA) is 99.7 Å². The molecule has 7 nitrogen and oxygen atoms in total. The summed E-state index contributed by atoms with van der Waals surface area (Å²) < 4.78 is 34.3. The van der Waals surface area contributed by atoms with Crippen molar-refractivity contribution in [3.8, 4) is 0 Å². The zero-order valence-electron chi connectivity index (χ0n) is 22.9. The van der Waals surface area contributed by atoms with Crippen LogP contribution >= 0.6 is 23.2 Å². The maximum Gasteiger partial charge on any atom is 0.238 e. The number of carbonyl (C=O) groups is 2. The molecule has 5 atom stereocenters. The number of hydrogen-bond donors (Lipinski definition) is 4. The quantitative estimate of drug-likeness (QED) is 0.360. The molecule has 2 amide bonds. The third-order valence-electron chi connectivity index (χ3n) is 9.66. The molecular weight excluding hydrogens is 587 g/mol. The van der Waals surface area contributed by atoms with E-state index in [2.05, 4.69) is 22.5 Å². The van der Waals surface area contributed by atoms with Crippen molar-refractivity contribution in [1.29, 1.82) is 0 Å². The standard InChI is InChI=1S/C31H33Cl2F2N3O4/c1-2-17-7-18(9-20(33)8-17)25-26(27(40)36-21-4-5-22(11-39)42-12-21)38-30(13-29(14-30,15-34)16-35)31(25)23-6-3-19(32)10-24(23)37-28(31)41/h2-3,6-10,21-22,25-26,38-39H,1,4-5,11-16H2,(H,36,40)(H,37,41)/t21-,22+,25+,26-,31-/m1/s1. The van der Waals surface area contributed by atoms with E-state index < -0.39 is 41.7 Å². The second kappa shape index (κ2) is 10.9. The van der Waals surface area contributed by atoms with Crippen LogP contribution in [0.1, 0.15) is 48.3 Å². The molecule has 2 spiro atoms. The van der Waals surface area contributed by atoms with Gasteiger partial charge in [-0.05, 0) is 66.6 Å². The van der Waals surface area contributed by atoms with Crippen molar-refractivity contribution >= 4 is 46.8 Å². The zero-order valence-corrected chi connectivity index (χ0v) is 24.4. The van der Waals surface area contributed by atoms with Gasteiger partial charge in [0.25, 0.3) is 0 Å². The summed E-state index contributed by atoms with van der Waals surface area (Å²) >= 11 is 12.9. The lowest BCUT2D eigenvalue weighted by molar-refractivity contribution is -0.131. The second-order valence-corrected chi connectivity index (χ2v) is 13.1. The lowest BCUT2D eigenvalue weighted by atomic mass is 9.46. The fraction of sp³-hybridized carbons (Fsp3) is 0.484. The van der Waals surface area contributed by atoms with Crippen LogP contribution in [0.15, 0.2) is 43.0 Å². The number of aliphatic hydroxyl groups is 1. The number of rotatable bonds is 7. The minimum Gasteiger partial charge on any atom is -0.394 e. The Morgan fingerprint density at radius 2 is 1.90 bits per heavy atom. The molecule has 224 valence electrons. The first-order valence-electron chi connectivity index (χ1n) is 14.1. The number of benzene rings is 2. The summed E-state index contributed by atoms with van der Waals surface area (Å²) in [7, 11) is 0. The molecule has 3 fully saturated rings. The monoisotopic (exact) mass is 619 g/mol. The van der Waals surface area contributed by atoms with Gasteiger partial charge in [0.1, 0.15) is 5.41 Å². The van der Waals surface area contributed by atoms with E-state index in [-0.39, 0.29) is 50.0 Å². The van der Waals surface area contributed by atoms with Crippen molar-refractivity contribution in [2.75, 3.05) is 31.9 Å². The molecule has 2 aromatic carbocycles. The third kappa shape index (κ3) is 4.39. The number of carbonyl (C=O) groups excluding carboxylic acids is 2. The molecule has 3 heterocycles. The van der Waals surface area contributed by atoms with Crippen LogP contribution in [0.25, 0.3) is 6.08 Å². The van der Waals surface area contributed by atoms with E-state index in [9.17, 15) is 23.5 Å². The molecule has 0 bridgehead atoms. The molecule has 4 aliphatic rings. The predicted molar refractivity (Wildman–Crippen MR) is 157 cm³/mol. The Bertz CT molecular complexity index is 1420. The SMILES string of the molecule is C=Cc1cc(Cl)cc([C@H]2[C@H](C(=O)N[C@@H]3CC[C@@H](CO)OC3)NC3(CC(CF)(CF)C3)[C@@]23C(=O)Nc2cc(Cl)ccc23)c1. The van der Waals surface area contributed by atoms with Crippen molar-refractivity contribution < 1.29 is 28.2 Å². The van der Waals surface area contributed by atoms with Crippen LogP contribution < -0.4 is 16.0 Å². The van der Waals surface area contributed by atoms with Crippen molar-refractivity contribution in [3.05, 3.63) is 69.7 Å². The summed E-state index contributed by atoms with van der Waals surface area (Å²) in [5.41, 5.74) is -1.36. The van der Waals surface area contributed by atoms with Crippen LogP contribution in [0.2, 0.25) is 10.0 Å². The van der Waals surface area contributed by atoms with Crippen molar-refractivity contribution in [2.24, 2.45) is 5.41 Å². The maximum atomic E-state index is 14.4. The Hall–Kier alpha value is -2.56. The predicted octanol–water partition coefficient (Wildman–Crippen LogP) is 4.70. The first kappa shape index (κ1) is 29.5. The minimum atomic E-state index is -1.41. The summed E-state index contributed by atoms with van der Waals surface area (Å²) in [6.07, 6.45) is 2.58. The van der Waals surface area contributed by atoms with Crippen LogP contribution in [0, 0.1) is 5.41 Å². The highest BCUT2D eigenvalue weighted by Crippen LogP contribution is 2.68. The fourth-order valence-corrected chi connectivity index (χ4v) is 8.34. The van der Waals surface area contributed by atoms with Gasteiger partial charge >= 0.3 is 0 Å². The molecule has 11 heteroatoms. The van der Waals surface area contributed by atoms with Crippen LogP contribution in [0.5, 0.6) is 0 Å². The van der Waals surface area contributed by atoms with Gasteiger partial charge in [0.15, 0.2) is 0 Å². The molecular formula is C31H33Cl2F2N3O4. The van der Waals surface area contributed by atoms with Crippen LogP contribution in [-0.2, 0) is 19.7 Å². The molecule has 3 aliphatic heterocycles. The van der Waals surface area contributed by atoms with E-state index in [0.717, 1.165) is 0 Å². The van der Waals surface area contributed by atoms with Gasteiger partial charge in [-0.3, -0.25) is 23.7 Å². The normalized spacial score (nSPS) is 30.5. The first-order valence-corrected chi connectivity index (χ1v) is 14.9. The summed E-state index contributed by atoms with van der Waals surface area (Å²) in [4.78, 5) is 28.6. The Kier molecular flexibility index (Phi) is 7.63. The number of aliphatic hydroxyl groups excluding tert-OH is 1. The van der Waals surface area contributed by atoms with Crippen LogP contribution in [-0.4, -0.2) is 67.2 Å². The van der Waals surface area contributed by atoms with Crippen molar-refractivity contribution in [3.63, 3.8) is 0 Å². The number of hydrogen-bond acceptors (Lipinski definition) is 5. The van der Waals surface area contributed by atoms with E-state index in [1.54, 1.807) is 36.4 Å². The van der Waals surface area contributed by atoms with Gasteiger partial charge in [-0.15, -0.1) is 0 Å². The van der Waals surface area contributed by atoms with Crippen LogP contribution in [0.4, 0.5) is 14.5 Å². The Labute approximate surface area is 253 Å². The Morgan fingerprint density at radius 1 is 1.14 bits per heavy atom. The van der Waals surface area contributed by atoms with Gasteiger partial charge in [-0.1, -0.05) is 48.0 Å². The second-order valence-electron chi connectivity index (χ2n) is 12.2. The van der Waals surface area contributed by atoms with E-state index in [4.69, 9.17) is 27.9 Å². The first-order chi connectivity index (χ1) is 20.1. The molecule has 0 radical (unpaired) electrons. The highest BCUT2D eigenvalue weighted by molar-refractivity contribution is 6.31. The van der Waals surface area contributed by atoms with Gasteiger partial charge in [0, 0.05) is 32.6 Å². The Balaban J connectivity index is 1.51. The Morgan fingerprint density at radius 3 is 2.55 bits per heavy atom. The summed E-state index contributed by atoms with van der Waals surface area (Å²) in [6.45, 7) is 2.23.